The Hall–Kier alpha value is -5.06. The third-order valence-corrected chi connectivity index (χ3v) is 24.8. The van der Waals surface area contributed by atoms with Crippen LogP contribution in [0.25, 0.3) is 12.2 Å². The van der Waals surface area contributed by atoms with Crippen molar-refractivity contribution >= 4 is 47.7 Å². The van der Waals surface area contributed by atoms with Crippen LogP contribution < -0.4 is 10.6 Å². The highest BCUT2D eigenvalue weighted by atomic mass is 16.7. The number of ketones is 2. The molecule has 0 radical (unpaired) electrons. The molecule has 87 heavy (non-hydrogen) atoms. The standard InChI is InChI=1S/C37H54N2O6.C35H50N2O5/c1-24-16-20-39(6)22-28(24)33(41)38-34(42)45-30-21-35(4,17-14-27-11-9-8-10-12-27)32(44-23-43-7)26(3)37-18-13-25(2)36(30,5)31(37)29(40)15-19-37;1-22-15-19-37(6)21-26(22)31(40)36-32(41)42-28-20-33(4,16-13-25-10-8-7-9-11-25)30(39)24(3)35-17-12-23(2)34(28,5)29(35)27(38)14-18-35/h8-12,14,17,24-26,28,30-32H,13,15-16,18-23H2,1-7H3,(H,38,41,42);7-11,13,16,22-24,26,28-30,39H,12,14-15,17-21H2,1-6H3,(H,36,40,41)/t24-,25+,26-,28-,30+,31?,32-,35+,36-,37?;22-,23+,24-,26-,28+,29?,30-,33+,34-,35?/m00/s1. The second-order valence-electron chi connectivity index (χ2n) is 29.8. The summed E-state index contributed by atoms with van der Waals surface area (Å²) in [6, 6.07) is 20.2. The molecule has 2 aromatic rings. The van der Waals surface area contributed by atoms with Crippen LogP contribution in [0.3, 0.4) is 0 Å². The Kier molecular flexibility index (Phi) is 20.1. The quantitative estimate of drug-likeness (QED) is 0.180. The van der Waals surface area contributed by atoms with E-state index in [4.69, 9.17) is 18.9 Å². The van der Waals surface area contributed by atoms with E-state index in [1.165, 1.54) is 0 Å². The fourth-order valence-electron chi connectivity index (χ4n) is 18.9. The molecule has 0 spiro atoms. The number of aliphatic hydroxyl groups is 1. The number of ether oxygens (including phenoxy) is 4. The van der Waals surface area contributed by atoms with Crippen LogP contribution >= 0.6 is 0 Å². The van der Waals surface area contributed by atoms with Crippen molar-refractivity contribution in [1.82, 2.24) is 20.4 Å². The van der Waals surface area contributed by atoms with Gasteiger partial charge in [-0.3, -0.25) is 29.8 Å². The van der Waals surface area contributed by atoms with Crippen molar-refractivity contribution in [2.24, 2.45) is 91.7 Å². The smallest absolute Gasteiger partial charge is 0.414 e. The highest BCUT2D eigenvalue weighted by Crippen LogP contribution is 2.70. The van der Waals surface area contributed by atoms with Gasteiger partial charge in [0.1, 0.15) is 30.6 Å². The summed E-state index contributed by atoms with van der Waals surface area (Å²) in [6.45, 7) is 24.6. The molecule has 6 saturated carbocycles. The average Bonchev–Trinajstić information content (AvgIpc) is 1.68. The number of benzene rings is 2. The first-order chi connectivity index (χ1) is 41.2. The van der Waals surface area contributed by atoms with Gasteiger partial charge in [0, 0.05) is 66.5 Å². The van der Waals surface area contributed by atoms with E-state index in [1.54, 1.807) is 7.11 Å². The molecule has 4 unspecified atom stereocenters. The number of alkyl carbamates (subject to hydrolysis) is 2. The Balaban J connectivity index is 0.000000208. The monoisotopic (exact) mass is 1200 g/mol. The highest BCUT2D eigenvalue weighted by Gasteiger charge is 2.70. The molecule has 4 bridgehead atoms. The Morgan fingerprint density at radius 3 is 1.45 bits per heavy atom. The van der Waals surface area contributed by atoms with Crippen LogP contribution in [0.4, 0.5) is 9.59 Å². The lowest BCUT2D eigenvalue weighted by Gasteiger charge is -2.62. The number of amides is 4. The van der Waals surface area contributed by atoms with Crippen LogP contribution in [-0.4, -0.2) is 129 Å². The number of rotatable bonds is 11. The molecule has 8 aliphatic rings. The maximum absolute atomic E-state index is 14.0. The van der Waals surface area contributed by atoms with Crippen LogP contribution in [0.5, 0.6) is 0 Å². The molecular formula is C72H104N4O11. The molecule has 3 N–H and O–H groups in total. The van der Waals surface area contributed by atoms with Crippen molar-refractivity contribution in [2.45, 2.75) is 171 Å². The third kappa shape index (κ3) is 12.7. The molecule has 6 aliphatic carbocycles. The van der Waals surface area contributed by atoms with Gasteiger partial charge in [-0.25, -0.2) is 9.59 Å². The molecule has 15 nitrogen and oxygen atoms in total. The Bertz CT molecular complexity index is 2870. The van der Waals surface area contributed by atoms with Gasteiger partial charge < -0.3 is 33.9 Å². The van der Waals surface area contributed by atoms with Crippen LogP contribution in [0.1, 0.15) is 157 Å². The number of Topliss-reactive ketones (excluding diaryl/α,β-unsaturated/α-hetero) is 2. The fourth-order valence-corrected chi connectivity index (χ4v) is 18.9. The number of carbonyl (C=O) groups is 6. The number of aliphatic hydroxyl groups excluding tert-OH is 1. The molecule has 20 atom stereocenters. The average molecular weight is 1200 g/mol. The molecule has 0 aromatic heterocycles. The summed E-state index contributed by atoms with van der Waals surface area (Å²) in [5, 5.41) is 17.3. The lowest BCUT2D eigenvalue weighted by Crippen LogP contribution is -2.63. The van der Waals surface area contributed by atoms with Crippen molar-refractivity contribution < 1.29 is 52.8 Å². The van der Waals surface area contributed by atoms with E-state index in [2.05, 4.69) is 113 Å². The van der Waals surface area contributed by atoms with Gasteiger partial charge in [-0.2, -0.15) is 0 Å². The van der Waals surface area contributed by atoms with Gasteiger partial charge in [0.05, 0.1) is 24.0 Å². The molecule has 8 fully saturated rings. The number of hydrogen-bond acceptors (Lipinski definition) is 13. The zero-order valence-electron chi connectivity index (χ0n) is 54.6. The number of hydrogen-bond donors (Lipinski definition) is 3. The Morgan fingerprint density at radius 2 is 1.01 bits per heavy atom. The summed E-state index contributed by atoms with van der Waals surface area (Å²) in [4.78, 5) is 85.8. The SMILES string of the molecule is COCO[C@H]1[C@H](C)C23CCC(=O)C2[C@@](C)([C@H](C)CC3)[C@H](OC(=O)NC(=O)[C@H]2CN(C)CC[C@@H]2C)C[C@@]1(C)C=Cc1ccccc1.C[C@@H]1CCC23CCC(=O)C2[C@]1(C)[C@H](OC(=O)NC(=O)[C@H]1CN(C)CC[C@@H]1C)C[C@@](C)(C=Cc1ccccc1)[C@@H](O)[C@@H]3C. The van der Waals surface area contributed by atoms with E-state index in [0.29, 0.717) is 38.8 Å². The summed E-state index contributed by atoms with van der Waals surface area (Å²) in [7, 11) is 5.62. The number of nitrogens with one attached hydrogen (secondary N) is 2. The van der Waals surface area contributed by atoms with Gasteiger partial charge in [0.15, 0.2) is 0 Å². The molecule has 2 heterocycles. The lowest BCUT2D eigenvalue weighted by molar-refractivity contribution is -0.214. The summed E-state index contributed by atoms with van der Waals surface area (Å²) >= 11 is 0. The molecule has 2 aliphatic heterocycles. The van der Waals surface area contributed by atoms with Gasteiger partial charge >= 0.3 is 12.2 Å². The largest absolute Gasteiger partial charge is 0.445 e. The van der Waals surface area contributed by atoms with E-state index in [9.17, 15) is 33.9 Å². The zero-order chi connectivity index (χ0) is 63.0. The minimum absolute atomic E-state index is 0.0579. The van der Waals surface area contributed by atoms with Gasteiger partial charge in [0.25, 0.3) is 0 Å². The fraction of sp³-hybridized carbons (Fsp3) is 0.694. The van der Waals surface area contributed by atoms with Crippen LogP contribution in [0.2, 0.25) is 0 Å². The van der Waals surface area contributed by atoms with Crippen molar-refractivity contribution in [1.29, 1.82) is 0 Å². The second kappa shape index (κ2) is 26.4. The summed E-state index contributed by atoms with van der Waals surface area (Å²) in [5.74, 6) is -0.690. The number of likely N-dealkylation sites (tertiary alicyclic amines) is 2. The van der Waals surface area contributed by atoms with E-state index in [1.807, 2.05) is 75.6 Å². The Labute approximate surface area is 519 Å². The van der Waals surface area contributed by atoms with E-state index in [0.717, 1.165) is 75.6 Å². The predicted molar refractivity (Wildman–Crippen MR) is 337 cm³/mol. The number of methoxy groups -OCH3 is 1. The maximum atomic E-state index is 14.0. The second-order valence-corrected chi connectivity index (χ2v) is 29.8. The van der Waals surface area contributed by atoms with Gasteiger partial charge in [-0.05, 0) is 149 Å². The van der Waals surface area contributed by atoms with E-state index in [-0.39, 0.29) is 106 Å². The third-order valence-electron chi connectivity index (χ3n) is 24.8. The molecule has 478 valence electrons. The Morgan fingerprint density at radius 1 is 0.598 bits per heavy atom. The molecule has 2 aromatic carbocycles. The molecule has 2 saturated heterocycles. The van der Waals surface area contributed by atoms with E-state index >= 15 is 0 Å². The summed E-state index contributed by atoms with van der Waals surface area (Å²) in [6.07, 6.45) is 13.5. The molecule has 15 heteroatoms. The zero-order valence-corrected chi connectivity index (χ0v) is 54.6. The summed E-state index contributed by atoms with van der Waals surface area (Å²) in [5.41, 5.74) is -1.07. The first kappa shape index (κ1) is 66.4. The van der Waals surface area contributed by atoms with Crippen LogP contribution in [-0.2, 0) is 38.1 Å². The number of nitrogens with zero attached hydrogens (tertiary/aromatic N) is 2. The maximum Gasteiger partial charge on any atom is 0.414 e. The molecule has 4 amide bonds. The minimum atomic E-state index is -0.752. The number of carbonyl (C=O) groups excluding carboxylic acids is 6. The van der Waals surface area contributed by atoms with Crippen molar-refractivity contribution in [3.63, 3.8) is 0 Å². The molecular weight excluding hydrogens is 1100 g/mol. The van der Waals surface area contributed by atoms with Crippen molar-refractivity contribution in [3.05, 3.63) is 83.9 Å². The van der Waals surface area contributed by atoms with Gasteiger partial charge in [0.2, 0.25) is 11.8 Å². The van der Waals surface area contributed by atoms with Gasteiger partial charge in [-0.15, -0.1) is 0 Å². The van der Waals surface area contributed by atoms with E-state index < -0.39 is 52.2 Å². The summed E-state index contributed by atoms with van der Waals surface area (Å²) < 4.78 is 24.8. The number of piperidine rings is 2. The van der Waals surface area contributed by atoms with Crippen LogP contribution in [0.15, 0.2) is 72.8 Å². The highest BCUT2D eigenvalue weighted by molar-refractivity contribution is 5.94. The van der Waals surface area contributed by atoms with Gasteiger partial charge in [-0.1, -0.05) is 154 Å². The van der Waals surface area contributed by atoms with Crippen LogP contribution in [0, 0.1) is 91.7 Å². The normalized spacial score (nSPS) is 41.4. The molecule has 10 rings (SSSR count). The van der Waals surface area contributed by atoms with Crippen molar-refractivity contribution in [3.8, 4) is 0 Å². The predicted octanol–water partition coefficient (Wildman–Crippen LogP) is 12.1. The number of imide groups is 2. The first-order valence-corrected chi connectivity index (χ1v) is 32.9. The lowest BCUT2D eigenvalue weighted by atomic mass is 9.44. The first-order valence-electron chi connectivity index (χ1n) is 32.9. The topological polar surface area (TPSA) is 190 Å². The minimum Gasteiger partial charge on any atom is -0.445 e. The van der Waals surface area contributed by atoms with Crippen molar-refractivity contribution in [2.75, 3.05) is 54.2 Å².